The van der Waals surface area contributed by atoms with Crippen molar-refractivity contribution in [2.75, 3.05) is 6.54 Å². The van der Waals surface area contributed by atoms with Gasteiger partial charge in [-0.1, -0.05) is 6.07 Å². The zero-order valence-electron chi connectivity index (χ0n) is 22.0. The van der Waals surface area contributed by atoms with Crippen molar-refractivity contribution in [1.29, 1.82) is 0 Å². The predicted octanol–water partition coefficient (Wildman–Crippen LogP) is 3.41. The number of aliphatic hydroxyl groups is 1. The van der Waals surface area contributed by atoms with Gasteiger partial charge in [-0.3, -0.25) is 4.79 Å². The Morgan fingerprint density at radius 2 is 1.83 bits per heavy atom. The van der Waals surface area contributed by atoms with E-state index in [1.165, 1.54) is 46.8 Å². The number of aromatic nitrogens is 2. The fourth-order valence-electron chi connectivity index (χ4n) is 4.53. The van der Waals surface area contributed by atoms with Crippen LogP contribution in [0.15, 0.2) is 48.6 Å². The maximum absolute atomic E-state index is 15.1. The lowest BCUT2D eigenvalue weighted by molar-refractivity contribution is -0.730. The number of halogens is 4. The van der Waals surface area contributed by atoms with Gasteiger partial charge in [0, 0.05) is 6.92 Å². The number of imidazole rings is 1. The fourth-order valence-corrected chi connectivity index (χ4v) is 4.81. The van der Waals surface area contributed by atoms with Gasteiger partial charge in [-0.25, -0.2) is 31.2 Å². The summed E-state index contributed by atoms with van der Waals surface area (Å²) in [6.45, 7) is 4.05. The van der Waals surface area contributed by atoms with Crippen LogP contribution in [0, 0.1) is 30.2 Å². The molecule has 3 N–H and O–H groups in total. The van der Waals surface area contributed by atoms with Crippen LogP contribution in [0.1, 0.15) is 36.7 Å². The highest BCUT2D eigenvalue weighted by Crippen LogP contribution is 2.35. The number of carbonyl (C=O) groups is 1. The Morgan fingerprint density at radius 3 is 2.41 bits per heavy atom. The molecule has 0 aliphatic carbocycles. The van der Waals surface area contributed by atoms with E-state index >= 15 is 4.39 Å². The molecule has 0 unspecified atom stereocenters. The van der Waals surface area contributed by atoms with Crippen molar-refractivity contribution < 1.29 is 55.6 Å². The van der Waals surface area contributed by atoms with Crippen molar-refractivity contribution in [3.05, 3.63) is 88.7 Å². The lowest BCUT2D eigenvalue weighted by Crippen LogP contribution is -2.48. The van der Waals surface area contributed by atoms with Gasteiger partial charge in [-0.05, 0) is 55.3 Å². The first-order chi connectivity index (χ1) is 19.1. The van der Waals surface area contributed by atoms with E-state index in [-0.39, 0.29) is 29.1 Å². The van der Waals surface area contributed by atoms with E-state index in [0.29, 0.717) is 17.8 Å². The zero-order chi connectivity index (χ0) is 30.2. The van der Waals surface area contributed by atoms with Gasteiger partial charge in [0.2, 0.25) is 6.73 Å². The molecule has 15 heteroatoms. The number of ether oxygens (including phenoxy) is 1. The number of hydrogen-bond donors (Lipinski definition) is 3. The van der Waals surface area contributed by atoms with Crippen LogP contribution in [-0.4, -0.2) is 49.0 Å². The van der Waals surface area contributed by atoms with Gasteiger partial charge in [-0.15, -0.1) is 0 Å². The number of aryl methyl sites for hydroxylation is 1. The van der Waals surface area contributed by atoms with Crippen LogP contribution in [0.3, 0.4) is 0 Å². The van der Waals surface area contributed by atoms with Crippen LogP contribution in [0.5, 0.6) is 0 Å². The zero-order valence-corrected chi connectivity index (χ0v) is 22.9. The molecule has 41 heavy (non-hydrogen) atoms. The van der Waals surface area contributed by atoms with E-state index in [0.717, 1.165) is 11.0 Å². The Bertz CT molecular complexity index is 1530. The molecule has 1 aromatic heterocycles. The summed E-state index contributed by atoms with van der Waals surface area (Å²) in [5.74, 6) is -6.27. The molecule has 0 bridgehead atoms. The number of benzene rings is 2. The van der Waals surface area contributed by atoms with Crippen molar-refractivity contribution in [1.82, 2.24) is 9.47 Å². The smallest absolute Gasteiger partial charge is 0.472 e. The summed E-state index contributed by atoms with van der Waals surface area (Å²) >= 11 is 0. The topological polar surface area (TPSA) is 125 Å². The molecule has 1 amide bonds. The summed E-state index contributed by atoms with van der Waals surface area (Å²) in [4.78, 5) is 32.3. The first-order valence-electron chi connectivity index (χ1n) is 12.2. The molecule has 2 heterocycles. The number of rotatable bonds is 8. The van der Waals surface area contributed by atoms with E-state index < -0.39 is 62.0 Å². The normalized spacial score (nSPS) is 18.5. The quantitative estimate of drug-likeness (QED) is 0.119. The molecular formula is C26H27F4N3O7P+. The van der Waals surface area contributed by atoms with Gasteiger partial charge in [-0.2, -0.15) is 4.57 Å². The van der Waals surface area contributed by atoms with Crippen LogP contribution in [0.4, 0.5) is 17.6 Å². The molecule has 1 saturated heterocycles. The third-order valence-corrected chi connectivity index (χ3v) is 6.80. The Kier molecular flexibility index (Phi) is 8.71. The Balaban J connectivity index is 1.62. The van der Waals surface area contributed by atoms with Gasteiger partial charge >= 0.3 is 7.82 Å². The standard InChI is InChI=1S/C26H26F4N3O7P/c1-14-10-31(12-32(14)13-39-41(36,37)38)22-5-4-17(6-19(22)27)7-23-26(35)33(11-15(2)40-23)25(16(3)34)18-8-20(28)24(30)21(29)9-18/h4-10,12,15-16,25,34H,11,13H2,1-3H3,(H-,36,37,38)/p+1/b23-7-/t15-,16+,25-/m0/s1. The van der Waals surface area contributed by atoms with Crippen molar-refractivity contribution in [3.63, 3.8) is 0 Å². The maximum atomic E-state index is 15.1. The van der Waals surface area contributed by atoms with Gasteiger partial charge in [0.15, 0.2) is 34.7 Å². The third kappa shape index (κ3) is 6.85. The first kappa shape index (κ1) is 30.4. The summed E-state index contributed by atoms with van der Waals surface area (Å²) in [6, 6.07) is 4.23. The molecule has 220 valence electrons. The molecule has 10 nitrogen and oxygen atoms in total. The molecule has 0 spiro atoms. The number of morpholine rings is 1. The lowest BCUT2D eigenvalue weighted by atomic mass is 9.98. The van der Waals surface area contributed by atoms with Crippen molar-refractivity contribution in [2.24, 2.45) is 0 Å². The monoisotopic (exact) mass is 600 g/mol. The number of hydrogen-bond acceptors (Lipinski definition) is 5. The molecule has 2 aromatic carbocycles. The average molecular weight is 600 g/mol. The highest BCUT2D eigenvalue weighted by atomic mass is 31.2. The summed E-state index contributed by atoms with van der Waals surface area (Å²) < 4.78 is 80.5. The van der Waals surface area contributed by atoms with Crippen LogP contribution in [0.25, 0.3) is 11.8 Å². The van der Waals surface area contributed by atoms with Gasteiger partial charge in [0.1, 0.15) is 18.0 Å². The molecule has 3 aromatic rings. The van der Waals surface area contributed by atoms with Crippen LogP contribution in [0.2, 0.25) is 0 Å². The summed E-state index contributed by atoms with van der Waals surface area (Å²) in [7, 11) is -4.71. The number of nitrogens with zero attached hydrogens (tertiary/aromatic N) is 3. The largest absolute Gasteiger partial charge is 0.483 e. The molecule has 3 atom stereocenters. The van der Waals surface area contributed by atoms with Gasteiger partial charge in [0.05, 0.1) is 18.7 Å². The minimum Gasteiger partial charge on any atom is -0.483 e. The average Bonchev–Trinajstić information content (AvgIpc) is 3.23. The predicted molar refractivity (Wildman–Crippen MR) is 135 cm³/mol. The minimum absolute atomic E-state index is 0.0572. The molecule has 1 aliphatic heterocycles. The number of aliphatic hydroxyl groups excluding tert-OH is 1. The Labute approximate surface area is 231 Å². The number of carbonyl (C=O) groups excluding carboxylic acids is 1. The molecular weight excluding hydrogens is 573 g/mol. The van der Waals surface area contributed by atoms with Gasteiger partial charge in [0.25, 0.3) is 12.2 Å². The lowest BCUT2D eigenvalue weighted by Gasteiger charge is -2.39. The summed E-state index contributed by atoms with van der Waals surface area (Å²) in [5, 5.41) is 10.4. The van der Waals surface area contributed by atoms with E-state index in [9.17, 15) is 27.6 Å². The van der Waals surface area contributed by atoms with Gasteiger partial charge < -0.3 is 24.5 Å². The summed E-state index contributed by atoms with van der Waals surface area (Å²) in [5.41, 5.74) is 0.690. The number of phosphoric acid groups is 1. The van der Waals surface area contributed by atoms with Crippen LogP contribution in [-0.2, 0) is 25.4 Å². The second-order valence-electron chi connectivity index (χ2n) is 9.60. The molecule has 0 saturated carbocycles. The highest BCUT2D eigenvalue weighted by molar-refractivity contribution is 7.46. The van der Waals surface area contributed by atoms with Crippen molar-refractivity contribution in [3.8, 4) is 5.69 Å². The highest BCUT2D eigenvalue weighted by Gasteiger charge is 2.37. The second kappa shape index (κ2) is 11.7. The molecule has 0 radical (unpaired) electrons. The Morgan fingerprint density at radius 1 is 1.17 bits per heavy atom. The number of phosphoric ester groups is 1. The second-order valence-corrected chi connectivity index (χ2v) is 10.8. The molecule has 1 fully saturated rings. The fraction of sp³-hybridized carbons (Fsp3) is 0.308. The van der Waals surface area contributed by atoms with Crippen molar-refractivity contribution in [2.45, 2.75) is 45.8 Å². The van der Waals surface area contributed by atoms with Crippen molar-refractivity contribution >= 4 is 19.8 Å². The molecule has 4 rings (SSSR count). The third-order valence-electron chi connectivity index (χ3n) is 6.35. The van der Waals surface area contributed by atoms with E-state index in [4.69, 9.17) is 14.5 Å². The van der Waals surface area contributed by atoms with Crippen LogP contribution < -0.4 is 4.57 Å². The number of amides is 1. The van der Waals surface area contributed by atoms with Crippen LogP contribution >= 0.6 is 7.82 Å². The minimum atomic E-state index is -4.71. The van der Waals surface area contributed by atoms with E-state index in [1.54, 1.807) is 13.8 Å². The molecule has 1 aliphatic rings. The Hall–Kier alpha value is -3.55. The van der Waals surface area contributed by atoms with E-state index in [2.05, 4.69) is 4.52 Å². The van der Waals surface area contributed by atoms with E-state index in [1.807, 2.05) is 0 Å². The first-order valence-corrected chi connectivity index (χ1v) is 13.8. The summed E-state index contributed by atoms with van der Waals surface area (Å²) in [6.07, 6.45) is 2.26. The SMILES string of the molecule is Cc1cn(-c2ccc(/C=C3\O[C@@H](C)CN([C@H](c4cc(F)c(F)c(F)c4)[C@@H](C)O)C3=O)cc2F)c[n+]1COP(=O)(O)O. The maximum Gasteiger partial charge on any atom is 0.472 e.